The number of rotatable bonds is 5. The second-order valence-corrected chi connectivity index (χ2v) is 7.06. The molecule has 8 heteroatoms. The highest BCUT2D eigenvalue weighted by atomic mass is 35.5. The van der Waals surface area contributed by atoms with Gasteiger partial charge in [0.05, 0.1) is 21.6 Å². The maximum Gasteiger partial charge on any atom is 0.337 e. The lowest BCUT2D eigenvalue weighted by Gasteiger charge is -2.11. The van der Waals surface area contributed by atoms with Crippen LogP contribution in [0.15, 0.2) is 21.9 Å². The molecule has 1 aromatic carbocycles. The Labute approximate surface area is 120 Å². The van der Waals surface area contributed by atoms with Gasteiger partial charge in [0, 0.05) is 23.3 Å². The molecule has 102 valence electrons. The summed E-state index contributed by atoms with van der Waals surface area (Å²) in [6.07, 6.45) is 1.23. The van der Waals surface area contributed by atoms with Crippen LogP contribution in [-0.2, 0) is 9.84 Å². The highest BCUT2D eigenvalue weighted by Crippen LogP contribution is 2.36. The van der Waals surface area contributed by atoms with Crippen LogP contribution in [0.5, 0.6) is 0 Å². The van der Waals surface area contributed by atoms with Crippen LogP contribution in [0.25, 0.3) is 0 Å². The molecule has 0 atom stereocenters. The summed E-state index contributed by atoms with van der Waals surface area (Å²) >= 11 is 7.00. The quantitative estimate of drug-likeness (QED) is 0.661. The Morgan fingerprint density at radius 3 is 2.63 bits per heavy atom. The summed E-state index contributed by atoms with van der Waals surface area (Å²) in [5.41, 5.74) is -0.159. The number of nitrogens with zero attached hydrogens (tertiary/aromatic N) is 1. The maximum absolute atomic E-state index is 11.6. The van der Waals surface area contributed by atoms with E-state index in [9.17, 15) is 13.2 Å². The van der Waals surface area contributed by atoms with E-state index in [-0.39, 0.29) is 26.8 Å². The Morgan fingerprint density at radius 1 is 1.53 bits per heavy atom. The van der Waals surface area contributed by atoms with E-state index in [1.54, 1.807) is 0 Å². The molecule has 0 fully saturated rings. The van der Waals surface area contributed by atoms with Crippen LogP contribution in [0.1, 0.15) is 16.8 Å². The van der Waals surface area contributed by atoms with Crippen molar-refractivity contribution in [2.24, 2.45) is 0 Å². The smallest absolute Gasteiger partial charge is 0.337 e. The van der Waals surface area contributed by atoms with Gasteiger partial charge in [-0.2, -0.15) is 5.26 Å². The zero-order valence-corrected chi connectivity index (χ0v) is 12.3. The lowest BCUT2D eigenvalue weighted by atomic mass is 10.2. The van der Waals surface area contributed by atoms with Crippen LogP contribution >= 0.6 is 23.4 Å². The van der Waals surface area contributed by atoms with E-state index in [0.29, 0.717) is 5.75 Å². The average Bonchev–Trinajstić information content (AvgIpc) is 2.29. The van der Waals surface area contributed by atoms with Gasteiger partial charge in [0.25, 0.3) is 0 Å². The first kappa shape index (κ1) is 15.8. The molecule has 0 aliphatic rings. The predicted octanol–water partition coefficient (Wildman–Crippen LogP) is 2.45. The van der Waals surface area contributed by atoms with Crippen LogP contribution in [-0.4, -0.2) is 31.5 Å². The highest BCUT2D eigenvalue weighted by molar-refractivity contribution is 8.00. The lowest BCUT2D eigenvalue weighted by molar-refractivity contribution is 0.0696. The van der Waals surface area contributed by atoms with Gasteiger partial charge < -0.3 is 5.11 Å². The minimum Gasteiger partial charge on any atom is -0.478 e. The summed E-state index contributed by atoms with van der Waals surface area (Å²) < 4.78 is 23.3. The molecule has 0 unspecified atom stereocenters. The fraction of sp³-hybridized carbons (Fsp3) is 0.273. The van der Waals surface area contributed by atoms with Gasteiger partial charge in [0.2, 0.25) is 0 Å². The summed E-state index contributed by atoms with van der Waals surface area (Å²) in [5.74, 6) is -0.894. The van der Waals surface area contributed by atoms with Crippen LogP contribution in [0.3, 0.4) is 0 Å². The molecule has 0 bridgehead atoms. The van der Waals surface area contributed by atoms with Gasteiger partial charge in [-0.05, 0) is 12.1 Å². The standard InChI is InChI=1S/C11H10ClNO4S2/c1-19(16,17)8-4-3-7(11(14)15)9(12)10(8)18-6-2-5-13/h3-4H,2,6H2,1H3,(H,14,15). The van der Waals surface area contributed by atoms with Crippen molar-refractivity contribution in [2.45, 2.75) is 16.2 Å². The molecule has 0 saturated heterocycles. The third kappa shape index (κ3) is 3.86. The number of aromatic carboxylic acids is 1. The number of carboxylic acid groups (broad SMARTS) is 1. The molecule has 0 aliphatic heterocycles. The number of hydrogen-bond acceptors (Lipinski definition) is 5. The van der Waals surface area contributed by atoms with Crippen molar-refractivity contribution < 1.29 is 18.3 Å². The second-order valence-electron chi connectivity index (χ2n) is 3.59. The van der Waals surface area contributed by atoms with Gasteiger partial charge in [0.15, 0.2) is 9.84 Å². The van der Waals surface area contributed by atoms with Gasteiger partial charge in [-0.25, -0.2) is 13.2 Å². The van der Waals surface area contributed by atoms with E-state index in [1.807, 2.05) is 6.07 Å². The van der Waals surface area contributed by atoms with Gasteiger partial charge in [-0.15, -0.1) is 11.8 Å². The largest absolute Gasteiger partial charge is 0.478 e. The normalized spacial score (nSPS) is 11.0. The van der Waals surface area contributed by atoms with E-state index in [4.69, 9.17) is 22.0 Å². The van der Waals surface area contributed by atoms with E-state index < -0.39 is 15.8 Å². The number of thioether (sulfide) groups is 1. The Kier molecular flexibility index (Phi) is 5.23. The number of halogens is 1. The van der Waals surface area contributed by atoms with E-state index in [0.717, 1.165) is 24.1 Å². The van der Waals surface area contributed by atoms with E-state index in [2.05, 4.69) is 0 Å². The fourth-order valence-electron chi connectivity index (χ4n) is 1.33. The number of carbonyl (C=O) groups is 1. The highest BCUT2D eigenvalue weighted by Gasteiger charge is 2.21. The maximum atomic E-state index is 11.6. The topological polar surface area (TPSA) is 95.2 Å². The molecule has 0 aliphatic carbocycles. The van der Waals surface area contributed by atoms with Crippen molar-refractivity contribution in [3.63, 3.8) is 0 Å². The van der Waals surface area contributed by atoms with Crippen LogP contribution in [0.4, 0.5) is 0 Å². The minimum absolute atomic E-state index is 0.0227. The zero-order valence-electron chi connectivity index (χ0n) is 9.88. The fourth-order valence-corrected chi connectivity index (χ4v) is 4.02. The zero-order chi connectivity index (χ0) is 14.6. The van der Waals surface area contributed by atoms with Crippen molar-refractivity contribution in [3.05, 3.63) is 22.7 Å². The molecule has 1 aromatic rings. The van der Waals surface area contributed by atoms with E-state index >= 15 is 0 Å². The number of carboxylic acids is 1. The van der Waals surface area contributed by atoms with E-state index in [1.165, 1.54) is 6.07 Å². The summed E-state index contributed by atoms with van der Waals surface area (Å²) in [6.45, 7) is 0. The first-order valence-electron chi connectivity index (χ1n) is 5.04. The molecule has 0 aromatic heterocycles. The van der Waals surface area contributed by atoms with Crippen molar-refractivity contribution in [2.75, 3.05) is 12.0 Å². The number of sulfone groups is 1. The van der Waals surface area contributed by atoms with Crippen LogP contribution < -0.4 is 0 Å². The first-order valence-corrected chi connectivity index (χ1v) is 8.30. The second kappa shape index (κ2) is 6.28. The van der Waals surface area contributed by atoms with Crippen LogP contribution in [0.2, 0.25) is 5.02 Å². The van der Waals surface area contributed by atoms with Crippen molar-refractivity contribution in [1.29, 1.82) is 5.26 Å². The Balaban J connectivity index is 3.39. The number of hydrogen-bond donors (Lipinski definition) is 1. The molecule has 1 rings (SSSR count). The monoisotopic (exact) mass is 319 g/mol. The molecular formula is C11H10ClNO4S2. The first-order chi connectivity index (χ1) is 8.79. The molecule has 0 amide bonds. The van der Waals surface area contributed by atoms with Gasteiger partial charge in [0.1, 0.15) is 0 Å². The third-order valence-electron chi connectivity index (χ3n) is 2.15. The molecule has 1 N–H and O–H groups in total. The summed E-state index contributed by atoms with van der Waals surface area (Å²) in [4.78, 5) is 11.1. The summed E-state index contributed by atoms with van der Waals surface area (Å²) in [6, 6.07) is 4.31. The summed E-state index contributed by atoms with van der Waals surface area (Å²) in [5, 5.41) is 17.3. The molecule has 0 saturated carbocycles. The Bertz CT molecular complexity index is 649. The van der Waals surface area contributed by atoms with Crippen molar-refractivity contribution in [1.82, 2.24) is 0 Å². The number of benzene rings is 1. The minimum atomic E-state index is -3.52. The Morgan fingerprint density at radius 2 is 2.16 bits per heavy atom. The van der Waals surface area contributed by atoms with Crippen LogP contribution in [0, 0.1) is 11.3 Å². The van der Waals surface area contributed by atoms with Gasteiger partial charge >= 0.3 is 5.97 Å². The molecule has 0 heterocycles. The molecule has 0 spiro atoms. The summed E-state index contributed by atoms with van der Waals surface area (Å²) in [7, 11) is -3.52. The lowest BCUT2D eigenvalue weighted by Crippen LogP contribution is -2.05. The van der Waals surface area contributed by atoms with Gasteiger partial charge in [-0.1, -0.05) is 11.6 Å². The van der Waals surface area contributed by atoms with Crippen molar-refractivity contribution >= 4 is 39.2 Å². The predicted molar refractivity (Wildman–Crippen MR) is 72.5 cm³/mol. The molecule has 5 nitrogen and oxygen atoms in total. The molecular weight excluding hydrogens is 310 g/mol. The SMILES string of the molecule is CS(=O)(=O)c1ccc(C(=O)O)c(Cl)c1SCCC#N. The molecule has 0 radical (unpaired) electrons. The third-order valence-corrected chi connectivity index (χ3v) is 5.05. The average molecular weight is 320 g/mol. The van der Waals surface area contributed by atoms with Crippen molar-refractivity contribution in [3.8, 4) is 6.07 Å². The van der Waals surface area contributed by atoms with Gasteiger partial charge in [-0.3, -0.25) is 0 Å². The molecule has 19 heavy (non-hydrogen) atoms. The number of nitriles is 1. The Hall–Kier alpha value is -1.23.